The van der Waals surface area contributed by atoms with Crippen LogP contribution >= 0.6 is 0 Å². The van der Waals surface area contributed by atoms with Gasteiger partial charge in [-0.25, -0.2) is 9.97 Å². The molecule has 4 nitrogen and oxygen atoms in total. The van der Waals surface area contributed by atoms with Crippen molar-refractivity contribution in [3.63, 3.8) is 0 Å². The molecule has 1 heterocycles. The molecule has 19 heavy (non-hydrogen) atoms. The predicted molar refractivity (Wildman–Crippen MR) is 75.3 cm³/mol. The molecule has 0 radical (unpaired) electrons. The highest BCUT2D eigenvalue weighted by Gasteiger charge is 2.29. The summed E-state index contributed by atoms with van der Waals surface area (Å²) in [4.78, 5) is 11.3. The van der Waals surface area contributed by atoms with Gasteiger partial charge in [0.05, 0.1) is 6.10 Å². The van der Waals surface area contributed by atoms with E-state index in [4.69, 9.17) is 0 Å². The number of aliphatic hydroxyl groups excluding tert-OH is 1. The highest BCUT2D eigenvalue weighted by atomic mass is 16.3. The van der Waals surface area contributed by atoms with Gasteiger partial charge in [0, 0.05) is 24.8 Å². The lowest BCUT2D eigenvalue weighted by atomic mass is 9.82. The fourth-order valence-electron chi connectivity index (χ4n) is 3.33. The highest BCUT2D eigenvalue weighted by Crippen LogP contribution is 2.31. The van der Waals surface area contributed by atoms with Crippen LogP contribution in [0.3, 0.4) is 0 Å². The Hall–Kier alpha value is -1.16. The average molecular weight is 261 g/mol. The molecular weight excluding hydrogens is 238 g/mol. The molecule has 1 saturated carbocycles. The second kappa shape index (κ2) is 5.45. The van der Waals surface area contributed by atoms with Crippen LogP contribution in [0, 0.1) is 5.92 Å². The molecule has 0 unspecified atom stereocenters. The summed E-state index contributed by atoms with van der Waals surface area (Å²) in [5.41, 5.74) is 2.62. The van der Waals surface area contributed by atoms with Crippen LogP contribution in [0.25, 0.3) is 0 Å². The van der Waals surface area contributed by atoms with Gasteiger partial charge in [-0.1, -0.05) is 6.42 Å². The van der Waals surface area contributed by atoms with Crippen LogP contribution in [-0.2, 0) is 12.8 Å². The maximum Gasteiger partial charge on any atom is 0.135 e. The van der Waals surface area contributed by atoms with Crippen LogP contribution in [0.15, 0.2) is 6.33 Å². The Bertz CT molecular complexity index is 443. The van der Waals surface area contributed by atoms with E-state index in [2.05, 4.69) is 21.9 Å². The number of aryl methyl sites for hydroxylation is 1. The molecule has 104 valence electrons. The van der Waals surface area contributed by atoms with Crippen molar-refractivity contribution in [2.75, 3.05) is 18.5 Å². The summed E-state index contributed by atoms with van der Waals surface area (Å²) in [6.07, 6.45) is 9.55. The van der Waals surface area contributed by atoms with E-state index < -0.39 is 0 Å². The van der Waals surface area contributed by atoms with Crippen molar-refractivity contribution >= 4 is 5.82 Å². The van der Waals surface area contributed by atoms with Gasteiger partial charge in [0.15, 0.2) is 0 Å². The van der Waals surface area contributed by atoms with E-state index in [1.165, 1.54) is 30.5 Å². The Morgan fingerprint density at radius 3 is 2.79 bits per heavy atom. The van der Waals surface area contributed by atoms with Crippen molar-refractivity contribution in [3.05, 3.63) is 17.6 Å². The third-order valence-corrected chi connectivity index (χ3v) is 4.46. The minimum atomic E-state index is -0.0686. The lowest BCUT2D eigenvalue weighted by Gasteiger charge is -2.35. The largest absolute Gasteiger partial charge is 0.393 e. The lowest BCUT2D eigenvalue weighted by molar-refractivity contribution is 0.0464. The van der Waals surface area contributed by atoms with Gasteiger partial charge >= 0.3 is 0 Å². The molecule has 0 atom stereocenters. The third-order valence-electron chi connectivity index (χ3n) is 4.46. The van der Waals surface area contributed by atoms with Crippen LogP contribution in [-0.4, -0.2) is 34.8 Å². The Morgan fingerprint density at radius 1 is 1.21 bits per heavy atom. The lowest BCUT2D eigenvalue weighted by Crippen LogP contribution is -2.37. The van der Waals surface area contributed by atoms with Gasteiger partial charge < -0.3 is 10.0 Å². The summed E-state index contributed by atoms with van der Waals surface area (Å²) < 4.78 is 0. The molecule has 4 heteroatoms. The fourth-order valence-corrected chi connectivity index (χ4v) is 3.33. The van der Waals surface area contributed by atoms with Gasteiger partial charge in [0.1, 0.15) is 12.1 Å². The number of aromatic nitrogens is 2. The van der Waals surface area contributed by atoms with E-state index in [-0.39, 0.29) is 6.10 Å². The quantitative estimate of drug-likeness (QED) is 0.845. The zero-order chi connectivity index (χ0) is 13.2. The van der Waals surface area contributed by atoms with Crippen LogP contribution in [0.2, 0.25) is 0 Å². The van der Waals surface area contributed by atoms with Crippen molar-refractivity contribution in [1.29, 1.82) is 0 Å². The second-order valence-corrected chi connectivity index (χ2v) is 6.05. The monoisotopic (exact) mass is 261 g/mol. The maximum absolute atomic E-state index is 9.39. The normalized spacial score (nSPS) is 26.2. The molecule has 1 N–H and O–H groups in total. The maximum atomic E-state index is 9.39. The molecule has 2 aliphatic rings. The van der Waals surface area contributed by atoms with E-state index in [1.54, 1.807) is 6.33 Å². The van der Waals surface area contributed by atoms with Crippen LogP contribution < -0.4 is 4.90 Å². The zero-order valence-electron chi connectivity index (χ0n) is 11.7. The first-order chi connectivity index (χ1) is 9.24. The molecule has 0 saturated heterocycles. The molecular formula is C15H23N3O. The molecule has 1 aromatic rings. The van der Waals surface area contributed by atoms with E-state index in [9.17, 15) is 5.11 Å². The molecule has 0 aromatic carbocycles. The van der Waals surface area contributed by atoms with Gasteiger partial charge in [-0.2, -0.15) is 0 Å². The number of nitrogens with zero attached hydrogens (tertiary/aromatic N) is 3. The standard InChI is InChI=1S/C15H23N3O/c1-18(9-11-7-12(19)8-11)15-13-5-3-2-4-6-14(13)16-10-17-15/h10-12,19H,2-9H2,1H3. The topological polar surface area (TPSA) is 49.2 Å². The molecule has 0 bridgehead atoms. The summed E-state index contributed by atoms with van der Waals surface area (Å²) in [7, 11) is 2.12. The highest BCUT2D eigenvalue weighted by molar-refractivity contribution is 5.48. The first kappa shape index (κ1) is 12.9. The number of rotatable bonds is 3. The Balaban J connectivity index is 1.76. The summed E-state index contributed by atoms with van der Waals surface area (Å²) in [6, 6.07) is 0. The number of hydrogen-bond acceptors (Lipinski definition) is 4. The molecule has 0 spiro atoms. The first-order valence-corrected chi connectivity index (χ1v) is 7.46. The minimum Gasteiger partial charge on any atom is -0.393 e. The van der Waals surface area contributed by atoms with Crippen molar-refractivity contribution in [3.8, 4) is 0 Å². The SMILES string of the molecule is CN(CC1CC(O)C1)c1ncnc2c1CCCCC2. The van der Waals surface area contributed by atoms with Crippen molar-refractivity contribution < 1.29 is 5.11 Å². The number of anilines is 1. The van der Waals surface area contributed by atoms with E-state index in [0.717, 1.165) is 38.0 Å². The molecule has 1 aromatic heterocycles. The fraction of sp³-hybridized carbons (Fsp3) is 0.733. The summed E-state index contributed by atoms with van der Waals surface area (Å²) in [5.74, 6) is 1.74. The van der Waals surface area contributed by atoms with Crippen LogP contribution in [0.1, 0.15) is 43.4 Å². The average Bonchev–Trinajstić information content (AvgIpc) is 2.61. The van der Waals surface area contributed by atoms with Gasteiger partial charge in [-0.3, -0.25) is 0 Å². The Morgan fingerprint density at radius 2 is 2.00 bits per heavy atom. The zero-order valence-corrected chi connectivity index (χ0v) is 11.7. The van der Waals surface area contributed by atoms with Gasteiger partial charge in [-0.15, -0.1) is 0 Å². The van der Waals surface area contributed by atoms with E-state index in [1.807, 2.05) is 0 Å². The molecule has 1 fully saturated rings. The first-order valence-electron chi connectivity index (χ1n) is 7.46. The van der Waals surface area contributed by atoms with Crippen molar-refractivity contribution in [2.45, 2.75) is 51.0 Å². The molecule has 2 aliphatic carbocycles. The molecule has 0 amide bonds. The Labute approximate surface area is 114 Å². The van der Waals surface area contributed by atoms with E-state index >= 15 is 0 Å². The predicted octanol–water partition coefficient (Wildman–Crippen LogP) is 1.95. The Kier molecular flexibility index (Phi) is 3.69. The van der Waals surface area contributed by atoms with E-state index in [0.29, 0.717) is 5.92 Å². The van der Waals surface area contributed by atoms with Crippen LogP contribution in [0.4, 0.5) is 5.82 Å². The molecule has 3 rings (SSSR count). The number of aliphatic hydroxyl groups is 1. The second-order valence-electron chi connectivity index (χ2n) is 6.05. The summed E-state index contributed by atoms with van der Waals surface area (Å²) >= 11 is 0. The summed E-state index contributed by atoms with van der Waals surface area (Å²) in [5, 5.41) is 9.39. The third kappa shape index (κ3) is 2.73. The van der Waals surface area contributed by atoms with Crippen molar-refractivity contribution in [2.24, 2.45) is 5.92 Å². The number of fused-ring (bicyclic) bond motifs is 1. The van der Waals surface area contributed by atoms with Crippen molar-refractivity contribution in [1.82, 2.24) is 9.97 Å². The van der Waals surface area contributed by atoms with Gasteiger partial charge in [0.2, 0.25) is 0 Å². The smallest absolute Gasteiger partial charge is 0.135 e. The molecule has 0 aliphatic heterocycles. The summed E-state index contributed by atoms with van der Waals surface area (Å²) in [6.45, 7) is 1.00. The van der Waals surface area contributed by atoms with Crippen LogP contribution in [0.5, 0.6) is 0 Å². The van der Waals surface area contributed by atoms with Gasteiger partial charge in [-0.05, 0) is 44.4 Å². The number of hydrogen-bond donors (Lipinski definition) is 1. The minimum absolute atomic E-state index is 0.0686. The van der Waals surface area contributed by atoms with Gasteiger partial charge in [0.25, 0.3) is 0 Å².